The number of aromatic hydroxyl groups is 1. The highest BCUT2D eigenvalue weighted by atomic mass is 16.5. The first-order valence-electron chi connectivity index (χ1n) is 7.64. The van der Waals surface area contributed by atoms with Crippen LogP contribution in [0.25, 0.3) is 0 Å². The number of hydrogen-bond acceptors (Lipinski definition) is 6. The van der Waals surface area contributed by atoms with Gasteiger partial charge >= 0.3 is 0 Å². The molecule has 0 saturated carbocycles. The number of methoxy groups -OCH3 is 2. The Morgan fingerprint density at radius 3 is 2.50 bits per heavy atom. The van der Waals surface area contributed by atoms with Crippen LogP contribution in [0.4, 0.5) is 0 Å². The molecule has 0 atom stereocenters. The van der Waals surface area contributed by atoms with Crippen molar-refractivity contribution in [2.24, 2.45) is 5.10 Å². The smallest absolute Gasteiger partial charge is 0.259 e. The second kappa shape index (κ2) is 9.07. The van der Waals surface area contributed by atoms with Gasteiger partial charge in [-0.3, -0.25) is 9.59 Å². The molecule has 2 aromatic rings. The number of hydrazone groups is 1. The largest absolute Gasteiger partial charge is 0.504 e. The molecule has 0 heterocycles. The van der Waals surface area contributed by atoms with Gasteiger partial charge < -0.3 is 19.9 Å². The molecule has 0 spiro atoms. The molecule has 0 aliphatic carbocycles. The molecule has 2 rings (SSSR count). The minimum Gasteiger partial charge on any atom is -0.504 e. The monoisotopic (exact) mass is 357 g/mol. The van der Waals surface area contributed by atoms with Gasteiger partial charge in [0.25, 0.3) is 11.8 Å². The highest BCUT2D eigenvalue weighted by Crippen LogP contribution is 2.25. The van der Waals surface area contributed by atoms with E-state index < -0.39 is 5.91 Å². The number of phenols is 1. The van der Waals surface area contributed by atoms with E-state index in [1.54, 1.807) is 36.4 Å². The summed E-state index contributed by atoms with van der Waals surface area (Å²) >= 11 is 0. The number of ether oxygens (including phenoxy) is 2. The molecule has 0 aliphatic rings. The van der Waals surface area contributed by atoms with Crippen molar-refractivity contribution >= 4 is 18.0 Å². The second-order valence-corrected chi connectivity index (χ2v) is 5.14. The first kappa shape index (κ1) is 18.8. The summed E-state index contributed by atoms with van der Waals surface area (Å²) in [7, 11) is 2.97. The van der Waals surface area contributed by atoms with E-state index in [9.17, 15) is 14.7 Å². The van der Waals surface area contributed by atoms with E-state index in [1.165, 1.54) is 26.5 Å². The molecule has 0 aliphatic heterocycles. The van der Waals surface area contributed by atoms with Gasteiger partial charge in [-0.05, 0) is 48.0 Å². The molecule has 8 heteroatoms. The SMILES string of the molecule is COc1ccc(C(=O)NCC(=O)NN=Cc2ccc(O)c(OC)c2)cc1. The van der Waals surface area contributed by atoms with Crippen LogP contribution < -0.4 is 20.2 Å². The number of phenolic OH excluding ortho intramolecular Hbond substituents is 1. The highest BCUT2D eigenvalue weighted by molar-refractivity contribution is 5.96. The number of carbonyl (C=O) groups excluding carboxylic acids is 2. The van der Waals surface area contributed by atoms with Crippen LogP contribution in [0.5, 0.6) is 17.2 Å². The van der Waals surface area contributed by atoms with Crippen molar-refractivity contribution in [3.63, 3.8) is 0 Å². The topological polar surface area (TPSA) is 109 Å². The second-order valence-electron chi connectivity index (χ2n) is 5.14. The Labute approximate surface area is 150 Å². The summed E-state index contributed by atoms with van der Waals surface area (Å²) in [5, 5.41) is 15.8. The van der Waals surface area contributed by atoms with Crippen molar-refractivity contribution in [2.45, 2.75) is 0 Å². The van der Waals surface area contributed by atoms with Crippen LogP contribution in [0.1, 0.15) is 15.9 Å². The van der Waals surface area contributed by atoms with Crippen molar-refractivity contribution in [3.8, 4) is 17.2 Å². The predicted octanol–water partition coefficient (Wildman–Crippen LogP) is 1.29. The van der Waals surface area contributed by atoms with Gasteiger partial charge in [-0.1, -0.05) is 0 Å². The van der Waals surface area contributed by atoms with Gasteiger partial charge in [0.1, 0.15) is 5.75 Å². The Bertz CT molecular complexity index is 803. The molecule has 0 radical (unpaired) electrons. The van der Waals surface area contributed by atoms with Crippen LogP contribution in [-0.2, 0) is 4.79 Å². The van der Waals surface area contributed by atoms with Crippen LogP contribution in [0, 0.1) is 0 Å². The van der Waals surface area contributed by atoms with Gasteiger partial charge in [-0.15, -0.1) is 0 Å². The number of rotatable bonds is 7. The van der Waals surface area contributed by atoms with Crippen LogP contribution in [0.2, 0.25) is 0 Å². The van der Waals surface area contributed by atoms with Crippen molar-refractivity contribution in [2.75, 3.05) is 20.8 Å². The van der Waals surface area contributed by atoms with Gasteiger partial charge in [0.2, 0.25) is 0 Å². The number of nitrogens with one attached hydrogen (secondary N) is 2. The van der Waals surface area contributed by atoms with E-state index in [2.05, 4.69) is 15.8 Å². The summed E-state index contributed by atoms with van der Waals surface area (Å²) in [4.78, 5) is 23.7. The lowest BCUT2D eigenvalue weighted by Crippen LogP contribution is -2.34. The van der Waals surface area contributed by atoms with E-state index in [-0.39, 0.29) is 18.2 Å². The zero-order valence-corrected chi connectivity index (χ0v) is 14.4. The lowest BCUT2D eigenvalue weighted by Gasteiger charge is -2.05. The maximum absolute atomic E-state index is 11.9. The van der Waals surface area contributed by atoms with Crippen molar-refractivity contribution < 1.29 is 24.2 Å². The number of amides is 2. The number of nitrogens with zero attached hydrogens (tertiary/aromatic N) is 1. The fourth-order valence-electron chi connectivity index (χ4n) is 2.00. The summed E-state index contributed by atoms with van der Waals surface area (Å²) in [6.45, 7) is -0.221. The van der Waals surface area contributed by atoms with Crippen molar-refractivity contribution in [3.05, 3.63) is 53.6 Å². The van der Waals surface area contributed by atoms with Gasteiger partial charge in [-0.25, -0.2) is 5.43 Å². The predicted molar refractivity (Wildman–Crippen MR) is 95.7 cm³/mol. The maximum atomic E-state index is 11.9. The number of hydrogen-bond donors (Lipinski definition) is 3. The molecule has 136 valence electrons. The van der Waals surface area contributed by atoms with Crippen LogP contribution in [-0.4, -0.2) is 43.9 Å². The van der Waals surface area contributed by atoms with Gasteiger partial charge in [0.05, 0.1) is 27.0 Å². The first-order valence-corrected chi connectivity index (χ1v) is 7.64. The fourth-order valence-corrected chi connectivity index (χ4v) is 2.00. The maximum Gasteiger partial charge on any atom is 0.259 e. The van der Waals surface area contributed by atoms with E-state index in [4.69, 9.17) is 9.47 Å². The summed E-state index contributed by atoms with van der Waals surface area (Å²) in [5.41, 5.74) is 3.34. The number of benzene rings is 2. The average Bonchev–Trinajstić information content (AvgIpc) is 2.67. The lowest BCUT2D eigenvalue weighted by atomic mass is 10.2. The third-order valence-corrected chi connectivity index (χ3v) is 3.37. The van der Waals surface area contributed by atoms with Crippen LogP contribution >= 0.6 is 0 Å². The van der Waals surface area contributed by atoms with Crippen LogP contribution in [0.15, 0.2) is 47.6 Å². The first-order chi connectivity index (χ1) is 12.5. The Kier molecular flexibility index (Phi) is 6.55. The molecule has 0 bridgehead atoms. The summed E-state index contributed by atoms with van der Waals surface area (Å²) in [6.07, 6.45) is 1.39. The molecule has 0 aromatic heterocycles. The summed E-state index contributed by atoms with van der Waals surface area (Å²) in [5.74, 6) is 0.0883. The van der Waals surface area contributed by atoms with E-state index in [0.717, 1.165) is 0 Å². The standard InChI is InChI=1S/C18H19N3O5/c1-25-14-6-4-13(5-7-14)18(24)19-11-17(23)21-20-10-12-3-8-15(22)16(9-12)26-2/h3-10,22H,11H2,1-2H3,(H,19,24)(H,21,23). The van der Waals surface area contributed by atoms with Gasteiger partial charge in [0, 0.05) is 5.56 Å². The van der Waals surface area contributed by atoms with E-state index in [0.29, 0.717) is 22.6 Å². The fraction of sp³-hybridized carbons (Fsp3) is 0.167. The van der Waals surface area contributed by atoms with Gasteiger partial charge in [0.15, 0.2) is 11.5 Å². The zero-order chi connectivity index (χ0) is 18.9. The third kappa shape index (κ3) is 5.23. The Morgan fingerprint density at radius 1 is 1.12 bits per heavy atom. The molecular formula is C18H19N3O5. The van der Waals surface area contributed by atoms with Crippen LogP contribution in [0.3, 0.4) is 0 Å². The molecular weight excluding hydrogens is 338 g/mol. The number of carbonyl (C=O) groups is 2. The van der Waals surface area contributed by atoms with Gasteiger partial charge in [-0.2, -0.15) is 5.10 Å². The molecule has 2 aromatic carbocycles. The minimum atomic E-state index is -0.478. The minimum absolute atomic E-state index is 0.00919. The van der Waals surface area contributed by atoms with E-state index >= 15 is 0 Å². The quantitative estimate of drug-likeness (QED) is 0.511. The molecule has 8 nitrogen and oxygen atoms in total. The lowest BCUT2D eigenvalue weighted by molar-refractivity contribution is -0.120. The molecule has 3 N–H and O–H groups in total. The summed E-state index contributed by atoms with van der Waals surface area (Å²) < 4.78 is 10.00. The summed E-state index contributed by atoms with van der Waals surface area (Å²) in [6, 6.07) is 11.1. The zero-order valence-electron chi connectivity index (χ0n) is 14.4. The third-order valence-electron chi connectivity index (χ3n) is 3.37. The Hall–Kier alpha value is -3.55. The average molecular weight is 357 g/mol. The Morgan fingerprint density at radius 2 is 1.85 bits per heavy atom. The Balaban J connectivity index is 1.82. The molecule has 0 fully saturated rings. The molecule has 26 heavy (non-hydrogen) atoms. The van der Waals surface area contributed by atoms with Crippen molar-refractivity contribution in [1.29, 1.82) is 0 Å². The molecule has 0 saturated heterocycles. The van der Waals surface area contributed by atoms with Crippen molar-refractivity contribution in [1.82, 2.24) is 10.7 Å². The molecule has 0 unspecified atom stereocenters. The molecule has 2 amide bonds. The van der Waals surface area contributed by atoms with E-state index in [1.807, 2.05) is 0 Å². The normalized spacial score (nSPS) is 10.4. The highest BCUT2D eigenvalue weighted by Gasteiger charge is 2.07.